The quantitative estimate of drug-likeness (QED) is 0.865. The zero-order chi connectivity index (χ0) is 14.7. The summed E-state index contributed by atoms with van der Waals surface area (Å²) in [7, 11) is 0. The van der Waals surface area contributed by atoms with Gasteiger partial charge in [-0.25, -0.2) is 0 Å². The van der Waals surface area contributed by atoms with E-state index >= 15 is 0 Å². The highest BCUT2D eigenvalue weighted by Crippen LogP contribution is 2.21. The summed E-state index contributed by atoms with van der Waals surface area (Å²) in [4.78, 5) is 2.51. The smallest absolute Gasteiger partial charge is 0.0991 e. The van der Waals surface area contributed by atoms with Crippen molar-refractivity contribution in [2.24, 2.45) is 0 Å². The summed E-state index contributed by atoms with van der Waals surface area (Å²) in [6, 6.07) is 10.7. The van der Waals surface area contributed by atoms with E-state index in [9.17, 15) is 0 Å². The third kappa shape index (κ3) is 3.32. The lowest BCUT2D eigenvalue weighted by Crippen LogP contribution is -2.32. The second kappa shape index (κ2) is 6.11. The van der Waals surface area contributed by atoms with E-state index in [0.717, 1.165) is 25.2 Å². The number of likely N-dealkylation sites (tertiary alicyclic amines) is 1. The Morgan fingerprint density at radius 2 is 2.33 bits per heavy atom. The Morgan fingerprint density at radius 3 is 3.10 bits per heavy atom. The second-order valence-electron chi connectivity index (χ2n) is 5.82. The molecule has 0 amide bonds. The van der Waals surface area contributed by atoms with Crippen molar-refractivity contribution in [1.29, 1.82) is 5.26 Å². The number of nitriles is 1. The Hall–Kier alpha value is -2.12. The number of benzene rings is 1. The van der Waals surface area contributed by atoms with Gasteiger partial charge in [0.1, 0.15) is 0 Å². The van der Waals surface area contributed by atoms with Crippen molar-refractivity contribution in [2.45, 2.75) is 38.9 Å². The van der Waals surface area contributed by atoms with Crippen LogP contribution in [0.2, 0.25) is 0 Å². The molecule has 0 spiro atoms. The Labute approximate surface area is 125 Å². The van der Waals surface area contributed by atoms with E-state index in [0.29, 0.717) is 6.04 Å². The normalized spacial score (nSPS) is 18.8. The molecule has 0 bridgehead atoms. The fraction of sp³-hybridized carbons (Fsp3) is 0.412. The highest BCUT2D eigenvalue weighted by atomic mass is 15.3. The van der Waals surface area contributed by atoms with Gasteiger partial charge in [0.2, 0.25) is 0 Å². The molecule has 1 saturated heterocycles. The summed E-state index contributed by atoms with van der Waals surface area (Å²) in [5, 5.41) is 13.4. The lowest BCUT2D eigenvalue weighted by molar-refractivity contribution is 0.219. The molecule has 4 heteroatoms. The van der Waals surface area contributed by atoms with Crippen molar-refractivity contribution in [3.05, 3.63) is 53.3 Å². The van der Waals surface area contributed by atoms with E-state index in [1.165, 1.54) is 24.0 Å². The van der Waals surface area contributed by atoms with Crippen LogP contribution in [0, 0.1) is 18.3 Å². The first-order valence-corrected chi connectivity index (χ1v) is 7.47. The molecular weight excluding hydrogens is 260 g/mol. The molecule has 0 aliphatic carbocycles. The van der Waals surface area contributed by atoms with E-state index in [2.05, 4.69) is 35.3 Å². The van der Waals surface area contributed by atoms with Crippen LogP contribution in [0.3, 0.4) is 0 Å². The summed E-state index contributed by atoms with van der Waals surface area (Å²) < 4.78 is 2.05. The van der Waals surface area contributed by atoms with Gasteiger partial charge in [0.25, 0.3) is 0 Å². The first kappa shape index (κ1) is 13.8. The maximum absolute atomic E-state index is 9.00. The molecule has 1 aliphatic heterocycles. The Kier molecular flexibility index (Phi) is 4.03. The Morgan fingerprint density at radius 1 is 1.43 bits per heavy atom. The molecule has 4 nitrogen and oxygen atoms in total. The summed E-state index contributed by atoms with van der Waals surface area (Å²) in [6.07, 6.45) is 6.47. The number of rotatable bonds is 4. The van der Waals surface area contributed by atoms with Gasteiger partial charge in [0, 0.05) is 18.8 Å². The minimum atomic E-state index is 0.537. The minimum Gasteiger partial charge on any atom is -0.294 e. The van der Waals surface area contributed by atoms with Gasteiger partial charge in [0.15, 0.2) is 0 Å². The van der Waals surface area contributed by atoms with Crippen LogP contribution in [0.1, 0.15) is 29.5 Å². The number of aromatic nitrogens is 2. The molecule has 0 radical (unpaired) electrons. The summed E-state index contributed by atoms with van der Waals surface area (Å²) >= 11 is 0. The first-order chi connectivity index (χ1) is 10.2. The molecule has 1 atom stereocenters. The van der Waals surface area contributed by atoms with Crippen molar-refractivity contribution in [3.63, 3.8) is 0 Å². The Bertz CT molecular complexity index is 653. The van der Waals surface area contributed by atoms with Gasteiger partial charge in [-0.3, -0.25) is 9.58 Å². The van der Waals surface area contributed by atoms with Crippen LogP contribution in [-0.4, -0.2) is 27.3 Å². The number of hydrogen-bond acceptors (Lipinski definition) is 3. The molecule has 2 aromatic rings. The molecule has 21 heavy (non-hydrogen) atoms. The van der Waals surface area contributed by atoms with Crippen LogP contribution in [0.25, 0.3) is 0 Å². The van der Waals surface area contributed by atoms with Gasteiger partial charge >= 0.3 is 0 Å². The van der Waals surface area contributed by atoms with Gasteiger partial charge in [-0.2, -0.15) is 10.4 Å². The van der Waals surface area contributed by atoms with E-state index < -0.39 is 0 Å². The van der Waals surface area contributed by atoms with Crippen molar-refractivity contribution >= 4 is 0 Å². The maximum atomic E-state index is 9.00. The highest BCUT2D eigenvalue weighted by Gasteiger charge is 2.25. The molecule has 108 valence electrons. The second-order valence-corrected chi connectivity index (χ2v) is 5.82. The molecule has 1 aromatic heterocycles. The molecule has 1 aromatic carbocycles. The summed E-state index contributed by atoms with van der Waals surface area (Å²) in [5.74, 6) is 0. The first-order valence-electron chi connectivity index (χ1n) is 7.47. The molecule has 1 aliphatic rings. The monoisotopic (exact) mass is 280 g/mol. The van der Waals surface area contributed by atoms with Crippen LogP contribution < -0.4 is 0 Å². The molecule has 0 saturated carbocycles. The predicted octanol–water partition coefficient (Wildman–Crippen LogP) is 2.73. The predicted molar refractivity (Wildman–Crippen MR) is 81.6 cm³/mol. The fourth-order valence-corrected chi connectivity index (χ4v) is 3.07. The average Bonchev–Trinajstić information content (AvgIpc) is 3.09. The fourth-order valence-electron chi connectivity index (χ4n) is 3.07. The lowest BCUT2D eigenvalue weighted by Gasteiger charge is -2.24. The van der Waals surface area contributed by atoms with Crippen LogP contribution >= 0.6 is 0 Å². The number of aryl methyl sites for hydroxylation is 1. The van der Waals surface area contributed by atoms with E-state index in [1.807, 2.05) is 29.1 Å². The van der Waals surface area contributed by atoms with Crippen molar-refractivity contribution in [2.75, 3.05) is 6.54 Å². The number of nitrogens with zero attached hydrogens (tertiary/aromatic N) is 4. The summed E-state index contributed by atoms with van der Waals surface area (Å²) in [6.45, 7) is 5.07. The summed E-state index contributed by atoms with van der Waals surface area (Å²) in [5.41, 5.74) is 3.17. The van der Waals surface area contributed by atoms with Crippen LogP contribution in [0.15, 0.2) is 36.7 Å². The van der Waals surface area contributed by atoms with Gasteiger partial charge in [0.05, 0.1) is 24.4 Å². The van der Waals surface area contributed by atoms with E-state index in [1.54, 1.807) is 0 Å². The van der Waals surface area contributed by atoms with Crippen molar-refractivity contribution in [3.8, 4) is 6.07 Å². The molecule has 1 fully saturated rings. The third-order valence-electron chi connectivity index (χ3n) is 4.10. The lowest BCUT2D eigenvalue weighted by atomic mass is 10.1. The minimum absolute atomic E-state index is 0.537. The van der Waals surface area contributed by atoms with Crippen molar-refractivity contribution in [1.82, 2.24) is 14.7 Å². The largest absolute Gasteiger partial charge is 0.294 e. The standard InChI is InChI=1S/C17H20N4/c1-14-10-19-21(11-14)13-17-6-3-7-20(17)12-16-5-2-4-15(8-16)9-18/h2,4-5,8,10-11,17H,3,6-7,12-13H2,1H3/t17-/m1/s1. The van der Waals surface area contributed by atoms with Gasteiger partial charge in [-0.1, -0.05) is 12.1 Å². The molecule has 0 N–H and O–H groups in total. The van der Waals surface area contributed by atoms with E-state index in [-0.39, 0.29) is 0 Å². The van der Waals surface area contributed by atoms with Gasteiger partial charge in [-0.05, 0) is 49.6 Å². The Balaban J connectivity index is 1.67. The topological polar surface area (TPSA) is 44.9 Å². The zero-order valence-corrected chi connectivity index (χ0v) is 12.4. The van der Waals surface area contributed by atoms with Crippen LogP contribution in [0.4, 0.5) is 0 Å². The average molecular weight is 280 g/mol. The molecule has 3 rings (SSSR count). The maximum Gasteiger partial charge on any atom is 0.0991 e. The van der Waals surface area contributed by atoms with Crippen molar-refractivity contribution < 1.29 is 0 Å². The molecular formula is C17H20N4. The van der Waals surface area contributed by atoms with E-state index in [4.69, 9.17) is 5.26 Å². The highest BCUT2D eigenvalue weighted by molar-refractivity contribution is 5.32. The zero-order valence-electron chi connectivity index (χ0n) is 12.4. The van der Waals surface area contributed by atoms with Gasteiger partial charge in [-0.15, -0.1) is 0 Å². The van der Waals surface area contributed by atoms with Crippen LogP contribution in [0.5, 0.6) is 0 Å². The SMILES string of the molecule is Cc1cnn(C[C@H]2CCCN2Cc2cccc(C#N)c2)c1. The molecule has 2 heterocycles. The number of hydrogen-bond donors (Lipinski definition) is 0. The third-order valence-corrected chi connectivity index (χ3v) is 4.10. The van der Waals surface area contributed by atoms with Gasteiger partial charge < -0.3 is 0 Å². The van der Waals surface area contributed by atoms with Crippen LogP contribution in [-0.2, 0) is 13.1 Å². The molecule has 0 unspecified atom stereocenters.